The standard InChI is InChI=1S/C4H9S.Y/c1-4(2)5-3;/h1-3H3;/q-1;+3. The number of thioether (sulfide) groups is 1. The molecule has 0 atom stereocenters. The van der Waals surface area contributed by atoms with Crippen molar-refractivity contribution in [3.05, 3.63) is 5.25 Å². The van der Waals surface area contributed by atoms with Gasteiger partial charge in [0.1, 0.15) is 0 Å². The van der Waals surface area contributed by atoms with Crippen LogP contribution in [0.2, 0.25) is 0 Å². The Morgan fingerprint density at radius 3 is 1.50 bits per heavy atom. The maximum Gasteiger partial charge on any atom is 3.00 e. The molecule has 0 spiro atoms. The Kier molecular flexibility index (Phi) is 11.2. The quantitative estimate of drug-likeness (QED) is 0.552. The summed E-state index contributed by atoms with van der Waals surface area (Å²) < 4.78 is 0. The average Bonchev–Trinajstić information content (AvgIpc) is 1.38. The SMILES string of the molecule is CS[C-](C)C.[Y+3]. The van der Waals surface area contributed by atoms with Gasteiger partial charge in [-0.1, -0.05) is 0 Å². The fraction of sp³-hybridized carbons (Fsp3) is 0.750. The van der Waals surface area contributed by atoms with E-state index < -0.39 is 0 Å². The van der Waals surface area contributed by atoms with Gasteiger partial charge in [0.25, 0.3) is 0 Å². The summed E-state index contributed by atoms with van der Waals surface area (Å²) in [5.41, 5.74) is 0. The number of hydrogen-bond donors (Lipinski definition) is 0. The molecule has 0 N–H and O–H groups in total. The van der Waals surface area contributed by atoms with E-state index in [0.717, 1.165) is 0 Å². The zero-order chi connectivity index (χ0) is 4.28. The van der Waals surface area contributed by atoms with Crippen molar-refractivity contribution in [2.45, 2.75) is 13.8 Å². The van der Waals surface area contributed by atoms with Crippen molar-refractivity contribution in [1.29, 1.82) is 0 Å². The van der Waals surface area contributed by atoms with Crippen molar-refractivity contribution in [2.24, 2.45) is 0 Å². The van der Waals surface area contributed by atoms with Crippen molar-refractivity contribution >= 4 is 11.8 Å². The Bertz CT molecular complexity index is 21.5. The van der Waals surface area contributed by atoms with Gasteiger partial charge in [0.05, 0.1) is 0 Å². The van der Waals surface area contributed by atoms with E-state index in [-0.39, 0.29) is 32.7 Å². The van der Waals surface area contributed by atoms with Crippen molar-refractivity contribution in [3.8, 4) is 0 Å². The normalized spacial score (nSPS) is 8.00. The van der Waals surface area contributed by atoms with Crippen molar-refractivity contribution < 1.29 is 32.7 Å². The molecule has 0 heterocycles. The van der Waals surface area contributed by atoms with E-state index in [4.69, 9.17) is 0 Å². The third-order valence-corrected chi connectivity index (χ3v) is 1.22. The summed E-state index contributed by atoms with van der Waals surface area (Å²) in [5, 5.41) is 1.42. The van der Waals surface area contributed by atoms with Crippen molar-refractivity contribution in [1.82, 2.24) is 0 Å². The smallest absolute Gasteiger partial charge is 0.352 e. The summed E-state index contributed by atoms with van der Waals surface area (Å²) in [5.74, 6) is 0. The molecule has 32 valence electrons. The topological polar surface area (TPSA) is 0 Å². The van der Waals surface area contributed by atoms with Crippen LogP contribution in [0, 0.1) is 5.25 Å². The summed E-state index contributed by atoms with van der Waals surface area (Å²) in [4.78, 5) is 0. The van der Waals surface area contributed by atoms with Crippen LogP contribution in [0.5, 0.6) is 0 Å². The van der Waals surface area contributed by atoms with Crippen LogP contribution in [0.25, 0.3) is 0 Å². The Balaban J connectivity index is 0. The van der Waals surface area contributed by atoms with Gasteiger partial charge in [-0.3, -0.25) is 5.25 Å². The van der Waals surface area contributed by atoms with E-state index in [9.17, 15) is 0 Å². The minimum absolute atomic E-state index is 0. The Labute approximate surface area is 69.3 Å². The molecule has 0 nitrogen and oxygen atoms in total. The van der Waals surface area contributed by atoms with Gasteiger partial charge in [-0.25, -0.2) is 0 Å². The van der Waals surface area contributed by atoms with Crippen LogP contribution in [0.15, 0.2) is 0 Å². The minimum atomic E-state index is 0. The zero-order valence-electron chi connectivity index (χ0n) is 4.49. The predicted molar refractivity (Wildman–Crippen MR) is 28.1 cm³/mol. The van der Waals surface area contributed by atoms with E-state index in [2.05, 4.69) is 20.1 Å². The van der Waals surface area contributed by atoms with Crippen LogP contribution in [-0.4, -0.2) is 6.26 Å². The first-order chi connectivity index (χ1) is 2.27. The maximum atomic E-state index is 2.10. The summed E-state index contributed by atoms with van der Waals surface area (Å²) in [6, 6.07) is 0. The number of hydrogen-bond acceptors (Lipinski definition) is 1. The van der Waals surface area contributed by atoms with Gasteiger partial charge in [-0.05, 0) is 6.26 Å². The molecule has 2 heteroatoms. The third-order valence-electron chi connectivity index (χ3n) is 0.408. The number of rotatable bonds is 1. The second-order valence-corrected chi connectivity index (χ2v) is 2.34. The van der Waals surface area contributed by atoms with Gasteiger partial charge in [-0.2, -0.15) is 13.8 Å². The molecular formula is C4H9SY+2. The minimum Gasteiger partial charge on any atom is -0.352 e. The van der Waals surface area contributed by atoms with Crippen LogP contribution in [0.3, 0.4) is 0 Å². The van der Waals surface area contributed by atoms with E-state index >= 15 is 0 Å². The van der Waals surface area contributed by atoms with E-state index in [1.165, 1.54) is 5.25 Å². The van der Waals surface area contributed by atoms with Gasteiger partial charge < -0.3 is 11.8 Å². The van der Waals surface area contributed by atoms with Gasteiger partial charge in [-0.15, -0.1) is 0 Å². The van der Waals surface area contributed by atoms with Gasteiger partial charge in [0.15, 0.2) is 0 Å². The van der Waals surface area contributed by atoms with E-state index in [0.29, 0.717) is 0 Å². The Morgan fingerprint density at radius 2 is 1.50 bits per heavy atom. The molecule has 6 heavy (non-hydrogen) atoms. The molecule has 0 rings (SSSR count). The second kappa shape index (κ2) is 6.45. The summed E-state index contributed by atoms with van der Waals surface area (Å²) in [7, 11) is 0. The molecule has 0 unspecified atom stereocenters. The molecule has 0 radical (unpaired) electrons. The Morgan fingerprint density at radius 1 is 1.33 bits per heavy atom. The van der Waals surface area contributed by atoms with Gasteiger partial charge in [0, 0.05) is 0 Å². The van der Waals surface area contributed by atoms with Gasteiger partial charge in [0.2, 0.25) is 0 Å². The van der Waals surface area contributed by atoms with E-state index in [1.807, 2.05) is 0 Å². The van der Waals surface area contributed by atoms with Crippen LogP contribution < -0.4 is 0 Å². The summed E-state index contributed by atoms with van der Waals surface area (Å²) in [6.45, 7) is 4.20. The molecule has 0 saturated heterocycles. The first-order valence-corrected chi connectivity index (χ1v) is 2.84. The molecule has 0 bridgehead atoms. The molecule has 0 fully saturated rings. The molecule has 0 aromatic heterocycles. The Hall–Kier alpha value is 1.45. The first kappa shape index (κ1) is 10.4. The monoisotopic (exact) mass is 178 g/mol. The van der Waals surface area contributed by atoms with Crippen molar-refractivity contribution in [3.63, 3.8) is 0 Å². The van der Waals surface area contributed by atoms with Crippen molar-refractivity contribution in [2.75, 3.05) is 6.26 Å². The van der Waals surface area contributed by atoms with Crippen LogP contribution in [0.1, 0.15) is 13.8 Å². The summed E-state index contributed by atoms with van der Waals surface area (Å²) >= 11 is 1.80. The first-order valence-electron chi connectivity index (χ1n) is 1.61. The average molecular weight is 178 g/mol. The molecule has 0 aromatic carbocycles. The third kappa shape index (κ3) is 9.07. The molecule has 0 saturated carbocycles. The zero-order valence-corrected chi connectivity index (χ0v) is 8.14. The molecule has 0 amide bonds. The fourth-order valence-electron chi connectivity index (χ4n) is 0. The second-order valence-electron chi connectivity index (χ2n) is 1.11. The van der Waals surface area contributed by atoms with Crippen LogP contribution in [-0.2, 0) is 32.7 Å². The van der Waals surface area contributed by atoms with Crippen LogP contribution >= 0.6 is 11.8 Å². The fourth-order valence-corrected chi connectivity index (χ4v) is 0. The molecule has 0 aromatic rings. The molecule has 0 aliphatic carbocycles. The summed E-state index contributed by atoms with van der Waals surface area (Å²) in [6.07, 6.45) is 2.08. The van der Waals surface area contributed by atoms with Crippen LogP contribution in [0.4, 0.5) is 0 Å². The molecular weight excluding hydrogens is 169 g/mol. The molecule has 0 aliphatic rings. The predicted octanol–water partition coefficient (Wildman–Crippen LogP) is 1.92. The molecule has 0 aliphatic heterocycles. The maximum absolute atomic E-state index is 2.10. The van der Waals surface area contributed by atoms with Gasteiger partial charge >= 0.3 is 32.7 Å². The van der Waals surface area contributed by atoms with E-state index in [1.54, 1.807) is 11.8 Å². The largest absolute Gasteiger partial charge is 3.00 e.